The Balaban J connectivity index is 3.08. The van der Waals surface area contributed by atoms with Crippen molar-refractivity contribution >= 4 is 16.0 Å². The summed E-state index contributed by atoms with van der Waals surface area (Å²) in [6, 6.07) is -1.49. The summed E-state index contributed by atoms with van der Waals surface area (Å²) in [6.07, 6.45) is -3.80. The van der Waals surface area contributed by atoms with Crippen LogP contribution < -0.4 is 4.72 Å². The minimum Gasteiger partial charge on any atom is -0.477 e. The lowest BCUT2D eigenvalue weighted by Crippen LogP contribution is -2.42. The van der Waals surface area contributed by atoms with Crippen LogP contribution in [0.25, 0.3) is 0 Å². The van der Waals surface area contributed by atoms with Gasteiger partial charge in [0.1, 0.15) is 16.6 Å². The minimum absolute atomic E-state index is 0.347. The van der Waals surface area contributed by atoms with Crippen LogP contribution in [-0.2, 0) is 17.1 Å². The van der Waals surface area contributed by atoms with Crippen LogP contribution in [0.4, 0.5) is 13.2 Å². The van der Waals surface area contributed by atoms with Gasteiger partial charge in [-0.1, -0.05) is 0 Å². The molecular weight excluding hydrogens is 289 g/mol. The van der Waals surface area contributed by atoms with Crippen molar-refractivity contribution in [2.75, 3.05) is 0 Å². The van der Waals surface area contributed by atoms with Gasteiger partial charge in [-0.2, -0.15) is 17.9 Å². The molecule has 0 bridgehead atoms. The molecule has 0 saturated carbocycles. The summed E-state index contributed by atoms with van der Waals surface area (Å²) >= 11 is 0. The fourth-order valence-electron chi connectivity index (χ4n) is 1.26. The number of aryl methyl sites for hydroxylation is 1. The molecule has 6 nitrogen and oxygen atoms in total. The Morgan fingerprint density at radius 1 is 1.47 bits per heavy atom. The molecule has 1 heterocycles. The van der Waals surface area contributed by atoms with Gasteiger partial charge >= 0.3 is 12.1 Å². The number of carbonyl (C=O) groups is 1. The molecule has 1 aromatic rings. The summed E-state index contributed by atoms with van der Waals surface area (Å²) in [6.45, 7) is 0.651. The molecule has 0 fully saturated rings. The number of nitrogens with one attached hydrogen (secondary N) is 1. The van der Waals surface area contributed by atoms with Gasteiger partial charge in [-0.05, 0) is 13.0 Å². The monoisotopic (exact) mass is 300 g/mol. The summed E-state index contributed by atoms with van der Waals surface area (Å²) < 4.78 is 62.6. The molecule has 0 aliphatic carbocycles. The minimum atomic E-state index is -4.72. The number of carboxylic acid groups (broad SMARTS) is 1. The fraction of sp³-hybridized carbons (Fsp3) is 0.444. The van der Waals surface area contributed by atoms with Crippen LogP contribution in [0.5, 0.6) is 0 Å². The van der Waals surface area contributed by atoms with Gasteiger partial charge in [0, 0.05) is 13.2 Å². The Morgan fingerprint density at radius 3 is 2.37 bits per heavy atom. The average molecular weight is 300 g/mol. The van der Waals surface area contributed by atoms with Gasteiger partial charge in [-0.25, -0.2) is 13.2 Å². The zero-order chi connectivity index (χ0) is 15.0. The lowest BCUT2D eigenvalue weighted by atomic mass is 10.4. The molecule has 1 unspecified atom stereocenters. The number of hydrogen-bond donors (Lipinski definition) is 2. The molecule has 0 amide bonds. The van der Waals surface area contributed by atoms with Crippen molar-refractivity contribution < 1.29 is 31.5 Å². The van der Waals surface area contributed by atoms with Crippen molar-refractivity contribution in [1.82, 2.24) is 9.29 Å². The average Bonchev–Trinajstić information content (AvgIpc) is 2.58. The Labute approximate surface area is 106 Å². The van der Waals surface area contributed by atoms with E-state index in [1.165, 1.54) is 11.8 Å². The molecule has 1 aromatic heterocycles. The number of alkyl halides is 3. The molecule has 2 N–H and O–H groups in total. The highest BCUT2D eigenvalue weighted by molar-refractivity contribution is 7.89. The number of nitrogens with zero attached hydrogens (tertiary/aromatic N) is 1. The van der Waals surface area contributed by atoms with Crippen molar-refractivity contribution in [3.05, 3.63) is 18.0 Å². The molecule has 0 spiro atoms. The van der Waals surface area contributed by atoms with Gasteiger partial charge in [-0.15, -0.1) is 0 Å². The Bertz CT molecular complexity index is 591. The maximum atomic E-state index is 12.3. The number of sulfonamides is 1. The highest BCUT2D eigenvalue weighted by atomic mass is 32.2. The maximum Gasteiger partial charge on any atom is 0.404 e. The number of rotatable bonds is 4. The first-order valence-electron chi connectivity index (χ1n) is 4.94. The lowest BCUT2D eigenvalue weighted by molar-refractivity contribution is -0.147. The van der Waals surface area contributed by atoms with Crippen LogP contribution >= 0.6 is 0 Å². The smallest absolute Gasteiger partial charge is 0.404 e. The van der Waals surface area contributed by atoms with Crippen molar-refractivity contribution in [3.8, 4) is 0 Å². The van der Waals surface area contributed by atoms with E-state index in [1.54, 1.807) is 0 Å². The molecule has 0 aromatic carbocycles. The van der Waals surface area contributed by atoms with Gasteiger partial charge in [0.15, 0.2) is 0 Å². The van der Waals surface area contributed by atoms with Crippen molar-refractivity contribution in [1.29, 1.82) is 0 Å². The van der Waals surface area contributed by atoms with E-state index in [2.05, 4.69) is 0 Å². The zero-order valence-electron chi connectivity index (χ0n) is 9.89. The van der Waals surface area contributed by atoms with E-state index in [-0.39, 0.29) is 5.69 Å². The first-order chi connectivity index (χ1) is 8.45. The summed E-state index contributed by atoms with van der Waals surface area (Å²) in [4.78, 5) is 10.2. The second-order valence-electron chi connectivity index (χ2n) is 3.86. The van der Waals surface area contributed by atoms with E-state index >= 15 is 0 Å². The molecule has 108 valence electrons. The first-order valence-corrected chi connectivity index (χ1v) is 6.42. The zero-order valence-corrected chi connectivity index (χ0v) is 10.7. The van der Waals surface area contributed by atoms with Crippen molar-refractivity contribution in [3.63, 3.8) is 0 Å². The van der Waals surface area contributed by atoms with Crippen molar-refractivity contribution in [2.24, 2.45) is 7.05 Å². The van der Waals surface area contributed by atoms with E-state index in [0.29, 0.717) is 6.92 Å². The first kappa shape index (κ1) is 15.5. The second kappa shape index (κ2) is 4.85. The number of halogens is 3. The Hall–Kier alpha value is -1.55. The molecule has 0 aliphatic rings. The van der Waals surface area contributed by atoms with E-state index in [0.717, 1.165) is 16.8 Å². The van der Waals surface area contributed by atoms with Gasteiger partial charge in [0.05, 0.1) is 0 Å². The van der Waals surface area contributed by atoms with Gasteiger partial charge < -0.3 is 9.67 Å². The molecule has 19 heavy (non-hydrogen) atoms. The Morgan fingerprint density at radius 2 is 2.00 bits per heavy atom. The number of aromatic nitrogens is 1. The third kappa shape index (κ3) is 3.47. The van der Waals surface area contributed by atoms with Crippen LogP contribution in [-0.4, -0.2) is 36.3 Å². The molecule has 1 rings (SSSR count). The van der Waals surface area contributed by atoms with Gasteiger partial charge in [0.25, 0.3) is 0 Å². The lowest BCUT2D eigenvalue weighted by Gasteiger charge is -2.16. The molecular formula is C9H11F3N2O4S. The molecule has 0 aliphatic heterocycles. The van der Waals surface area contributed by atoms with Crippen LogP contribution in [0.1, 0.15) is 17.4 Å². The highest BCUT2D eigenvalue weighted by Gasteiger charge is 2.39. The molecule has 10 heteroatoms. The van der Waals surface area contributed by atoms with Gasteiger partial charge in [0.2, 0.25) is 10.0 Å². The van der Waals surface area contributed by atoms with Crippen LogP contribution in [0.3, 0.4) is 0 Å². The van der Waals surface area contributed by atoms with Crippen LogP contribution in [0.15, 0.2) is 17.2 Å². The van der Waals surface area contributed by atoms with Crippen LogP contribution in [0.2, 0.25) is 0 Å². The highest BCUT2D eigenvalue weighted by Crippen LogP contribution is 2.22. The quantitative estimate of drug-likeness (QED) is 0.866. The third-order valence-corrected chi connectivity index (χ3v) is 3.84. The largest absolute Gasteiger partial charge is 0.477 e. The van der Waals surface area contributed by atoms with Crippen LogP contribution in [0, 0.1) is 0 Å². The predicted molar refractivity (Wildman–Crippen MR) is 58.2 cm³/mol. The summed E-state index contributed by atoms with van der Waals surface area (Å²) in [5.74, 6) is -1.38. The number of aromatic carboxylic acids is 1. The third-order valence-electron chi connectivity index (χ3n) is 2.33. The van der Waals surface area contributed by atoms with Gasteiger partial charge in [-0.3, -0.25) is 0 Å². The maximum absolute atomic E-state index is 12.3. The molecule has 1 atom stereocenters. The SMILES string of the molecule is CC(NS(=O)(=O)c1cc(C(=O)O)n(C)c1)C(F)(F)F. The Kier molecular flexibility index (Phi) is 3.96. The topological polar surface area (TPSA) is 88.4 Å². The summed E-state index contributed by atoms with van der Waals surface area (Å²) in [5.41, 5.74) is -0.347. The van der Waals surface area contributed by atoms with E-state index < -0.39 is 33.1 Å². The fourth-order valence-corrected chi connectivity index (χ4v) is 2.56. The predicted octanol–water partition coefficient (Wildman–Crippen LogP) is 0.952. The second-order valence-corrected chi connectivity index (χ2v) is 5.58. The molecule has 0 saturated heterocycles. The number of hydrogen-bond acceptors (Lipinski definition) is 3. The normalized spacial score (nSPS) is 14.4. The number of carboxylic acids is 1. The molecule has 0 radical (unpaired) electrons. The van der Waals surface area contributed by atoms with E-state index in [4.69, 9.17) is 5.11 Å². The van der Waals surface area contributed by atoms with Crippen molar-refractivity contribution in [2.45, 2.75) is 24.0 Å². The standard InChI is InChI=1S/C9H11F3N2O4S/c1-5(9(10,11)12)13-19(17,18)6-3-7(8(15)16)14(2)4-6/h3-5,13H,1-2H3,(H,15,16). The van der Waals surface area contributed by atoms with E-state index in [1.807, 2.05) is 0 Å². The summed E-state index contributed by atoms with van der Waals surface area (Å²) in [5, 5.41) is 8.74. The van der Waals surface area contributed by atoms with E-state index in [9.17, 15) is 26.4 Å². The summed E-state index contributed by atoms with van der Waals surface area (Å²) in [7, 11) is -3.16.